The summed E-state index contributed by atoms with van der Waals surface area (Å²) in [4.78, 5) is 66.8. The number of hydrogen-bond acceptors (Lipinski definition) is 15. The highest BCUT2D eigenvalue weighted by Gasteiger charge is 2.58. The lowest BCUT2D eigenvalue weighted by molar-refractivity contribution is -0.336. The summed E-state index contributed by atoms with van der Waals surface area (Å²) >= 11 is 0. The van der Waals surface area contributed by atoms with Gasteiger partial charge in [0, 0.05) is 27.9 Å². The molecular formula is C48H51NO15. The van der Waals surface area contributed by atoms with Gasteiger partial charge < -0.3 is 47.4 Å². The molecule has 0 aromatic heterocycles. The van der Waals surface area contributed by atoms with Crippen LogP contribution in [0.1, 0.15) is 58.2 Å². The average Bonchev–Trinajstić information content (AvgIpc) is 3.55. The monoisotopic (exact) mass is 881 g/mol. The van der Waals surface area contributed by atoms with Crippen LogP contribution in [0.2, 0.25) is 0 Å². The number of imide groups is 1. The number of ether oxygens (including phenoxy) is 10. The van der Waals surface area contributed by atoms with E-state index in [4.69, 9.17) is 47.4 Å². The summed E-state index contributed by atoms with van der Waals surface area (Å²) in [5.41, 5.74) is 2.82. The number of hydrogen-bond donors (Lipinski definition) is 0. The summed E-state index contributed by atoms with van der Waals surface area (Å²) in [7, 11) is 1.47. The number of fused-ring (bicyclic) bond motifs is 1. The maximum Gasteiger partial charge on any atom is 0.303 e. The zero-order valence-electron chi connectivity index (χ0n) is 35.8. The predicted molar refractivity (Wildman–Crippen MR) is 224 cm³/mol. The smallest absolute Gasteiger partial charge is 0.303 e. The fraction of sp³-hybridized carbons (Fsp3) is 0.396. The Hall–Kier alpha value is -5.85. The van der Waals surface area contributed by atoms with Crippen molar-refractivity contribution in [3.05, 3.63) is 143 Å². The van der Waals surface area contributed by atoms with Crippen LogP contribution in [0.25, 0.3) is 0 Å². The van der Waals surface area contributed by atoms with E-state index < -0.39 is 97.7 Å². The molecule has 0 saturated carbocycles. The van der Waals surface area contributed by atoms with Gasteiger partial charge >= 0.3 is 17.9 Å². The second kappa shape index (κ2) is 21.7. The molecule has 10 atom stereocenters. The molecule has 0 spiro atoms. The van der Waals surface area contributed by atoms with Gasteiger partial charge in [0.1, 0.15) is 43.2 Å². The number of amides is 2. The molecule has 16 nitrogen and oxygen atoms in total. The van der Waals surface area contributed by atoms with E-state index in [1.165, 1.54) is 26.2 Å². The van der Waals surface area contributed by atoms with Crippen LogP contribution in [-0.2, 0) is 81.6 Å². The molecule has 16 heteroatoms. The van der Waals surface area contributed by atoms with Crippen LogP contribution in [0.5, 0.6) is 0 Å². The molecule has 4 aromatic carbocycles. The van der Waals surface area contributed by atoms with Crippen molar-refractivity contribution in [3.8, 4) is 0 Å². The third kappa shape index (κ3) is 11.1. The van der Waals surface area contributed by atoms with Crippen LogP contribution in [0, 0.1) is 0 Å². The van der Waals surface area contributed by atoms with Gasteiger partial charge in [0.05, 0.1) is 37.6 Å². The van der Waals surface area contributed by atoms with Crippen molar-refractivity contribution in [3.63, 3.8) is 0 Å². The van der Waals surface area contributed by atoms with Crippen LogP contribution in [-0.4, -0.2) is 116 Å². The first-order valence-corrected chi connectivity index (χ1v) is 20.9. The number of esters is 3. The first kappa shape index (κ1) is 46.2. The number of benzene rings is 4. The lowest BCUT2D eigenvalue weighted by Gasteiger charge is -2.48. The number of carbonyl (C=O) groups is 5. The minimum absolute atomic E-state index is 0.0896. The van der Waals surface area contributed by atoms with E-state index in [2.05, 4.69) is 0 Å². The second-order valence-electron chi connectivity index (χ2n) is 15.4. The number of nitrogens with zero attached hydrogens (tertiary/aromatic N) is 1. The molecule has 0 aliphatic carbocycles. The van der Waals surface area contributed by atoms with Gasteiger partial charge in [0.25, 0.3) is 11.8 Å². The molecule has 2 saturated heterocycles. The Bertz CT molecular complexity index is 2170. The standard InChI is InChI=1S/C48H51NO15/c1-29(50)56-27-38-41(61-30(2)51)42(62-31(3)52)39(49-45(53)35-22-14-15-23-36(35)46(49)54)47(63-38)60-28-37-40(57-24-32-16-8-5-9-17-32)43(58-25-33-18-10-6-11-19-33)44(48(55-4)64-37)59-26-34-20-12-7-13-21-34/h5-23,37-44,47-48H,24-28H2,1-4H3/t37-,38-,39-,40-,41-,42-,43+,44-,47-,48-/m1/s1. The maximum atomic E-state index is 14.2. The zero-order valence-corrected chi connectivity index (χ0v) is 35.8. The molecule has 4 aromatic rings. The Morgan fingerprint density at radius 1 is 0.500 bits per heavy atom. The first-order valence-electron chi connectivity index (χ1n) is 20.9. The zero-order chi connectivity index (χ0) is 45.2. The molecule has 338 valence electrons. The third-order valence-corrected chi connectivity index (χ3v) is 10.9. The van der Waals surface area contributed by atoms with Crippen molar-refractivity contribution in [2.75, 3.05) is 20.3 Å². The Morgan fingerprint density at radius 3 is 1.42 bits per heavy atom. The molecule has 7 rings (SSSR count). The lowest BCUT2D eigenvalue weighted by atomic mass is 9.94. The Balaban J connectivity index is 1.26. The highest BCUT2D eigenvalue weighted by Crippen LogP contribution is 2.37. The van der Waals surface area contributed by atoms with E-state index >= 15 is 0 Å². The molecule has 3 heterocycles. The molecule has 0 N–H and O–H groups in total. The fourth-order valence-electron chi connectivity index (χ4n) is 8.03. The largest absolute Gasteiger partial charge is 0.463 e. The summed E-state index contributed by atoms with van der Waals surface area (Å²) in [5.74, 6) is -3.78. The minimum Gasteiger partial charge on any atom is -0.463 e. The van der Waals surface area contributed by atoms with Crippen molar-refractivity contribution in [1.82, 2.24) is 4.90 Å². The van der Waals surface area contributed by atoms with E-state index in [0.717, 1.165) is 35.4 Å². The molecule has 64 heavy (non-hydrogen) atoms. The van der Waals surface area contributed by atoms with Gasteiger partial charge in [-0.25, -0.2) is 0 Å². The van der Waals surface area contributed by atoms with Crippen LogP contribution in [0.4, 0.5) is 0 Å². The quantitative estimate of drug-likeness (QED) is 0.0744. The molecule has 2 fully saturated rings. The highest BCUT2D eigenvalue weighted by molar-refractivity contribution is 6.21. The van der Waals surface area contributed by atoms with Crippen molar-refractivity contribution in [2.45, 2.75) is 102 Å². The number of methoxy groups -OCH3 is 1. The van der Waals surface area contributed by atoms with E-state index in [-0.39, 0.29) is 37.6 Å². The summed E-state index contributed by atoms with van der Waals surface area (Å²) in [6.07, 6.45) is -10.6. The van der Waals surface area contributed by atoms with Crippen LogP contribution in [0.3, 0.4) is 0 Å². The van der Waals surface area contributed by atoms with Gasteiger partial charge in [-0.05, 0) is 28.8 Å². The molecule has 0 unspecified atom stereocenters. The van der Waals surface area contributed by atoms with Gasteiger partial charge in [-0.3, -0.25) is 28.9 Å². The van der Waals surface area contributed by atoms with Crippen molar-refractivity contribution in [1.29, 1.82) is 0 Å². The normalized spacial score (nSPS) is 26.5. The molecule has 3 aliphatic rings. The van der Waals surface area contributed by atoms with Gasteiger partial charge in [0.15, 0.2) is 24.8 Å². The van der Waals surface area contributed by atoms with Crippen molar-refractivity contribution in [2.24, 2.45) is 0 Å². The SMILES string of the molecule is CO[C@@H]1O[C@H](CO[C@@H]2O[C@H](COC(C)=O)[C@@H](OC(C)=O)[C@H](OC(C)=O)[C@H]2N2C(=O)c3ccccc3C2=O)[C@@H](OCc2ccccc2)[C@H](OCc2ccccc2)[C@H]1OCc1ccccc1. The predicted octanol–water partition coefficient (Wildman–Crippen LogP) is 4.95. The summed E-state index contributed by atoms with van der Waals surface area (Å²) < 4.78 is 62.4. The van der Waals surface area contributed by atoms with Crippen LogP contribution < -0.4 is 0 Å². The average molecular weight is 882 g/mol. The van der Waals surface area contributed by atoms with E-state index in [1.54, 1.807) is 12.1 Å². The molecule has 0 bridgehead atoms. The van der Waals surface area contributed by atoms with Gasteiger partial charge in [-0.2, -0.15) is 0 Å². The van der Waals surface area contributed by atoms with E-state index in [0.29, 0.717) is 0 Å². The maximum absolute atomic E-state index is 14.2. The Morgan fingerprint density at radius 2 is 0.938 bits per heavy atom. The van der Waals surface area contributed by atoms with Gasteiger partial charge in [0.2, 0.25) is 0 Å². The molecular weight excluding hydrogens is 831 g/mol. The second-order valence-corrected chi connectivity index (χ2v) is 15.4. The molecule has 0 radical (unpaired) electrons. The number of rotatable bonds is 18. The van der Waals surface area contributed by atoms with Crippen molar-refractivity contribution >= 4 is 29.7 Å². The molecule has 2 amide bonds. The fourth-order valence-corrected chi connectivity index (χ4v) is 8.03. The number of carbonyl (C=O) groups excluding carboxylic acids is 5. The van der Waals surface area contributed by atoms with Gasteiger partial charge in [-0.1, -0.05) is 103 Å². The third-order valence-electron chi connectivity index (χ3n) is 10.9. The van der Waals surface area contributed by atoms with Gasteiger partial charge in [-0.15, -0.1) is 0 Å². The first-order chi connectivity index (χ1) is 31.0. The molecule has 3 aliphatic heterocycles. The minimum atomic E-state index is -1.60. The summed E-state index contributed by atoms with van der Waals surface area (Å²) in [6.45, 7) is 3.07. The van der Waals surface area contributed by atoms with Crippen LogP contribution >= 0.6 is 0 Å². The summed E-state index contributed by atoms with van der Waals surface area (Å²) in [6, 6.07) is 33.3. The Kier molecular flexibility index (Phi) is 15.6. The van der Waals surface area contributed by atoms with Crippen LogP contribution in [0.15, 0.2) is 115 Å². The highest BCUT2D eigenvalue weighted by atomic mass is 16.7. The van der Waals surface area contributed by atoms with Crippen molar-refractivity contribution < 1.29 is 71.3 Å². The topological polar surface area (TPSA) is 181 Å². The lowest BCUT2D eigenvalue weighted by Crippen LogP contribution is -2.68. The van der Waals surface area contributed by atoms with E-state index in [9.17, 15) is 24.0 Å². The Labute approximate surface area is 370 Å². The van der Waals surface area contributed by atoms with E-state index in [1.807, 2.05) is 91.0 Å². The summed E-state index contributed by atoms with van der Waals surface area (Å²) in [5, 5.41) is 0.